The van der Waals surface area contributed by atoms with Gasteiger partial charge >= 0.3 is 0 Å². The first-order valence-electron chi connectivity index (χ1n) is 9.81. The number of para-hydroxylation sites is 1. The Labute approximate surface area is 160 Å². The van der Waals surface area contributed by atoms with Gasteiger partial charge in [-0.05, 0) is 49.2 Å². The molecular weight excluding hydrogens is 334 g/mol. The minimum Gasteiger partial charge on any atom is -0.372 e. The zero-order valence-corrected chi connectivity index (χ0v) is 15.5. The van der Waals surface area contributed by atoms with Gasteiger partial charge in [-0.3, -0.25) is 9.78 Å². The van der Waals surface area contributed by atoms with Gasteiger partial charge in [0, 0.05) is 29.7 Å². The Hall–Kier alpha value is -2.88. The highest BCUT2D eigenvalue weighted by atomic mass is 16.1. The van der Waals surface area contributed by atoms with Crippen molar-refractivity contribution in [1.82, 2.24) is 4.98 Å². The molecule has 0 unspecified atom stereocenters. The molecule has 1 amide bonds. The Balaban J connectivity index is 1.45. The summed E-state index contributed by atoms with van der Waals surface area (Å²) in [7, 11) is 0. The molecule has 1 N–H and O–H groups in total. The molecule has 4 rings (SSSR count). The number of anilines is 2. The number of hydrogen-bond donors (Lipinski definition) is 1. The maximum Gasteiger partial charge on any atom is 0.255 e. The molecule has 27 heavy (non-hydrogen) atoms. The van der Waals surface area contributed by atoms with Gasteiger partial charge in [-0.2, -0.15) is 0 Å². The van der Waals surface area contributed by atoms with Crippen molar-refractivity contribution in [1.29, 1.82) is 0 Å². The molecule has 0 bridgehead atoms. The molecule has 4 nitrogen and oxygen atoms in total. The molecule has 1 aliphatic rings. The Morgan fingerprint density at radius 2 is 1.59 bits per heavy atom. The third kappa shape index (κ3) is 4.27. The molecule has 0 spiro atoms. The molecule has 0 aliphatic carbocycles. The van der Waals surface area contributed by atoms with Crippen LogP contribution in [0.2, 0.25) is 0 Å². The van der Waals surface area contributed by atoms with Crippen LogP contribution in [0.1, 0.15) is 42.5 Å². The summed E-state index contributed by atoms with van der Waals surface area (Å²) in [6, 6.07) is 17.8. The fraction of sp³-hybridized carbons (Fsp3) is 0.304. The lowest BCUT2D eigenvalue weighted by Crippen LogP contribution is -2.27. The average molecular weight is 359 g/mol. The first-order chi connectivity index (χ1) is 13.3. The summed E-state index contributed by atoms with van der Waals surface area (Å²) in [6.07, 6.45) is 8.19. The lowest BCUT2D eigenvalue weighted by atomic mass is 10.1. The van der Waals surface area contributed by atoms with E-state index in [9.17, 15) is 4.79 Å². The van der Waals surface area contributed by atoms with Crippen LogP contribution in [0.4, 0.5) is 11.4 Å². The number of carbonyl (C=O) groups excluding carboxylic acids is 1. The average Bonchev–Trinajstić information content (AvgIpc) is 2.68. The standard InChI is InChI=1S/C23H25N3O/c27-23(25-20-16-19-8-4-5-9-22(19)24-17-20)18-10-12-21(13-11-18)26-14-6-2-1-3-7-15-26/h4-5,8-13,16-17H,1-3,6-7,14-15H2,(H,25,27). The van der Waals surface area contributed by atoms with Crippen LogP contribution in [0.25, 0.3) is 10.9 Å². The topological polar surface area (TPSA) is 45.2 Å². The maximum absolute atomic E-state index is 12.6. The molecule has 1 fully saturated rings. The van der Waals surface area contributed by atoms with E-state index in [2.05, 4.69) is 27.3 Å². The third-order valence-electron chi connectivity index (χ3n) is 5.20. The molecular formula is C23H25N3O. The van der Waals surface area contributed by atoms with Crippen LogP contribution in [-0.2, 0) is 0 Å². The minimum atomic E-state index is -0.105. The molecule has 138 valence electrons. The summed E-state index contributed by atoms with van der Waals surface area (Å²) >= 11 is 0. The maximum atomic E-state index is 12.6. The van der Waals surface area contributed by atoms with E-state index in [1.54, 1.807) is 6.20 Å². The number of amides is 1. The summed E-state index contributed by atoms with van der Waals surface area (Å²) in [5, 5.41) is 3.97. The number of rotatable bonds is 3. The Bertz CT molecular complexity index is 912. The van der Waals surface area contributed by atoms with Crippen LogP contribution in [0, 0.1) is 0 Å². The number of nitrogens with one attached hydrogen (secondary N) is 1. The van der Waals surface area contributed by atoms with Crippen molar-refractivity contribution >= 4 is 28.2 Å². The molecule has 0 saturated carbocycles. The quantitative estimate of drug-likeness (QED) is 0.694. The van der Waals surface area contributed by atoms with Gasteiger partial charge in [0.1, 0.15) is 0 Å². The van der Waals surface area contributed by atoms with Gasteiger partial charge < -0.3 is 10.2 Å². The SMILES string of the molecule is O=C(Nc1cnc2ccccc2c1)c1ccc(N2CCCCCCC2)cc1. The molecule has 2 heterocycles. The van der Waals surface area contributed by atoms with Gasteiger partial charge in [0.15, 0.2) is 0 Å². The van der Waals surface area contributed by atoms with E-state index in [4.69, 9.17) is 0 Å². The minimum absolute atomic E-state index is 0.105. The molecule has 1 aromatic heterocycles. The van der Waals surface area contributed by atoms with E-state index in [1.165, 1.54) is 37.8 Å². The third-order valence-corrected chi connectivity index (χ3v) is 5.20. The largest absolute Gasteiger partial charge is 0.372 e. The first-order valence-corrected chi connectivity index (χ1v) is 9.81. The van der Waals surface area contributed by atoms with E-state index in [1.807, 2.05) is 42.5 Å². The Morgan fingerprint density at radius 1 is 0.889 bits per heavy atom. The normalized spacial score (nSPS) is 15.2. The van der Waals surface area contributed by atoms with Gasteiger partial charge in [-0.25, -0.2) is 0 Å². The highest BCUT2D eigenvalue weighted by Crippen LogP contribution is 2.21. The smallest absolute Gasteiger partial charge is 0.255 e. The van der Waals surface area contributed by atoms with E-state index in [-0.39, 0.29) is 5.91 Å². The molecule has 0 atom stereocenters. The zero-order chi connectivity index (χ0) is 18.5. The van der Waals surface area contributed by atoms with Crippen LogP contribution in [-0.4, -0.2) is 24.0 Å². The number of fused-ring (bicyclic) bond motifs is 1. The highest BCUT2D eigenvalue weighted by molar-refractivity contribution is 6.05. The van der Waals surface area contributed by atoms with Crippen molar-refractivity contribution in [2.45, 2.75) is 32.1 Å². The molecule has 4 heteroatoms. The molecule has 1 saturated heterocycles. The summed E-state index contributed by atoms with van der Waals surface area (Å²) < 4.78 is 0. The lowest BCUT2D eigenvalue weighted by molar-refractivity contribution is 0.102. The van der Waals surface area contributed by atoms with Crippen LogP contribution in [0.3, 0.4) is 0 Å². The van der Waals surface area contributed by atoms with Gasteiger partial charge in [-0.15, -0.1) is 0 Å². The van der Waals surface area contributed by atoms with Crippen molar-refractivity contribution in [2.75, 3.05) is 23.3 Å². The van der Waals surface area contributed by atoms with E-state index in [0.717, 1.165) is 24.0 Å². The van der Waals surface area contributed by atoms with E-state index >= 15 is 0 Å². The van der Waals surface area contributed by atoms with Gasteiger partial charge in [0.25, 0.3) is 5.91 Å². The summed E-state index contributed by atoms with van der Waals surface area (Å²) in [6.45, 7) is 2.21. The number of nitrogens with zero attached hydrogens (tertiary/aromatic N) is 2. The number of carbonyl (C=O) groups is 1. The summed E-state index contributed by atoms with van der Waals surface area (Å²) in [5.41, 5.74) is 3.51. The second kappa shape index (κ2) is 8.21. The summed E-state index contributed by atoms with van der Waals surface area (Å²) in [5.74, 6) is -0.105. The molecule has 2 aromatic carbocycles. The van der Waals surface area contributed by atoms with Crippen molar-refractivity contribution in [2.24, 2.45) is 0 Å². The van der Waals surface area contributed by atoms with Crippen molar-refractivity contribution in [3.63, 3.8) is 0 Å². The molecule has 1 aliphatic heterocycles. The van der Waals surface area contributed by atoms with Crippen LogP contribution in [0.15, 0.2) is 60.8 Å². The molecule has 3 aromatic rings. The van der Waals surface area contributed by atoms with Crippen molar-refractivity contribution in [3.05, 3.63) is 66.4 Å². The van der Waals surface area contributed by atoms with Crippen molar-refractivity contribution < 1.29 is 4.79 Å². The van der Waals surface area contributed by atoms with Crippen LogP contribution in [0.5, 0.6) is 0 Å². The zero-order valence-electron chi connectivity index (χ0n) is 15.5. The van der Waals surface area contributed by atoms with Crippen molar-refractivity contribution in [3.8, 4) is 0 Å². The van der Waals surface area contributed by atoms with Crippen LogP contribution >= 0.6 is 0 Å². The second-order valence-corrected chi connectivity index (χ2v) is 7.17. The van der Waals surface area contributed by atoms with Crippen LogP contribution < -0.4 is 10.2 Å². The van der Waals surface area contributed by atoms with Gasteiger partial charge in [0.05, 0.1) is 17.4 Å². The Kier molecular flexibility index (Phi) is 5.33. The lowest BCUT2D eigenvalue weighted by Gasteiger charge is -2.27. The fourth-order valence-electron chi connectivity index (χ4n) is 3.67. The first kappa shape index (κ1) is 17.5. The van der Waals surface area contributed by atoms with E-state index < -0.39 is 0 Å². The van der Waals surface area contributed by atoms with Gasteiger partial charge in [0.2, 0.25) is 0 Å². The number of benzene rings is 2. The predicted molar refractivity (Wildman–Crippen MR) is 111 cm³/mol. The second-order valence-electron chi connectivity index (χ2n) is 7.17. The predicted octanol–water partition coefficient (Wildman–Crippen LogP) is 5.26. The fourth-order valence-corrected chi connectivity index (χ4v) is 3.67. The number of pyridine rings is 1. The number of hydrogen-bond acceptors (Lipinski definition) is 3. The monoisotopic (exact) mass is 359 g/mol. The molecule has 0 radical (unpaired) electrons. The highest BCUT2D eigenvalue weighted by Gasteiger charge is 2.11. The number of aromatic nitrogens is 1. The van der Waals surface area contributed by atoms with Gasteiger partial charge in [-0.1, -0.05) is 37.5 Å². The summed E-state index contributed by atoms with van der Waals surface area (Å²) in [4.78, 5) is 19.4. The van der Waals surface area contributed by atoms with E-state index in [0.29, 0.717) is 11.3 Å². The Morgan fingerprint density at radius 3 is 2.37 bits per heavy atom.